The van der Waals surface area contributed by atoms with Crippen LogP contribution in [-0.2, 0) is 4.79 Å². The molecule has 0 radical (unpaired) electrons. The Morgan fingerprint density at radius 1 is 1.13 bits per heavy atom. The summed E-state index contributed by atoms with van der Waals surface area (Å²) in [6.07, 6.45) is 0.314. The van der Waals surface area contributed by atoms with Gasteiger partial charge in [0.2, 0.25) is 0 Å². The molecule has 30 heavy (non-hydrogen) atoms. The summed E-state index contributed by atoms with van der Waals surface area (Å²) in [6.45, 7) is 5.39. The summed E-state index contributed by atoms with van der Waals surface area (Å²) in [5.74, 6) is -3.97. The van der Waals surface area contributed by atoms with Gasteiger partial charge in [-0.1, -0.05) is 37.0 Å². The molecular formula is C22H20Cl2FNO4. The van der Waals surface area contributed by atoms with Gasteiger partial charge in [0.15, 0.2) is 11.6 Å². The molecule has 0 bridgehead atoms. The number of rotatable bonds is 5. The number of phenolic OH excluding ortho intramolecular Hbond substituents is 1. The highest BCUT2D eigenvalue weighted by Crippen LogP contribution is 2.38. The standard InChI is InChI=1S/C22H20Cl2FNO4/c1-10(2)6-14(22(29)30)20-11(3)26(18-9-17(25)19(27)8-13(18)20)21(28)12-4-5-15(23)16(24)7-12/h4-5,7-10,14,27H,6H2,1-3H3,(H,29,30)/t14-/m0/s1. The van der Waals surface area contributed by atoms with Gasteiger partial charge < -0.3 is 10.2 Å². The average Bonchev–Trinajstić information content (AvgIpc) is 2.92. The summed E-state index contributed by atoms with van der Waals surface area (Å²) in [5, 5.41) is 20.5. The van der Waals surface area contributed by atoms with E-state index >= 15 is 0 Å². The van der Waals surface area contributed by atoms with Crippen LogP contribution in [0.3, 0.4) is 0 Å². The number of hydrogen-bond donors (Lipinski definition) is 2. The molecule has 0 saturated heterocycles. The van der Waals surface area contributed by atoms with E-state index in [1.165, 1.54) is 28.8 Å². The summed E-state index contributed by atoms with van der Waals surface area (Å²) in [5.41, 5.74) is 1.11. The maximum Gasteiger partial charge on any atom is 0.311 e. The first-order chi connectivity index (χ1) is 14.0. The number of benzene rings is 2. The zero-order valence-corrected chi connectivity index (χ0v) is 18.1. The maximum absolute atomic E-state index is 14.2. The molecule has 2 N–H and O–H groups in total. The summed E-state index contributed by atoms with van der Waals surface area (Å²) < 4.78 is 15.4. The SMILES string of the molecule is Cc1c([C@H](CC(C)C)C(=O)O)c2cc(O)c(F)cc2n1C(=O)c1ccc(Cl)c(Cl)c1. The molecule has 1 heterocycles. The fourth-order valence-electron chi connectivity index (χ4n) is 3.72. The van der Waals surface area contributed by atoms with Crippen molar-refractivity contribution in [2.45, 2.75) is 33.1 Å². The van der Waals surface area contributed by atoms with Gasteiger partial charge in [0.1, 0.15) is 0 Å². The van der Waals surface area contributed by atoms with Crippen LogP contribution in [0.1, 0.15) is 47.8 Å². The molecule has 1 atom stereocenters. The lowest BCUT2D eigenvalue weighted by molar-refractivity contribution is -0.139. The third-order valence-corrected chi connectivity index (χ3v) is 5.78. The van der Waals surface area contributed by atoms with Crippen LogP contribution in [0, 0.1) is 18.7 Å². The van der Waals surface area contributed by atoms with Gasteiger partial charge in [-0.3, -0.25) is 14.2 Å². The van der Waals surface area contributed by atoms with Crippen molar-refractivity contribution in [3.63, 3.8) is 0 Å². The minimum Gasteiger partial charge on any atom is -0.505 e. The molecule has 2 aromatic carbocycles. The highest BCUT2D eigenvalue weighted by molar-refractivity contribution is 6.42. The summed E-state index contributed by atoms with van der Waals surface area (Å²) in [7, 11) is 0. The molecular weight excluding hydrogens is 432 g/mol. The molecule has 0 spiro atoms. The van der Waals surface area contributed by atoms with Gasteiger partial charge in [-0.2, -0.15) is 0 Å². The van der Waals surface area contributed by atoms with E-state index in [2.05, 4.69) is 0 Å². The van der Waals surface area contributed by atoms with E-state index < -0.39 is 29.4 Å². The number of nitrogens with zero attached hydrogens (tertiary/aromatic N) is 1. The lowest BCUT2D eigenvalue weighted by Crippen LogP contribution is -2.17. The van der Waals surface area contributed by atoms with Crippen molar-refractivity contribution in [2.75, 3.05) is 0 Å². The first-order valence-electron chi connectivity index (χ1n) is 9.28. The molecule has 0 fully saturated rings. The number of aromatic nitrogens is 1. The van der Waals surface area contributed by atoms with Crippen LogP contribution in [-0.4, -0.2) is 26.7 Å². The second kappa shape index (κ2) is 8.28. The third kappa shape index (κ3) is 3.89. The molecule has 8 heteroatoms. The molecule has 3 aromatic rings. The van der Waals surface area contributed by atoms with Gasteiger partial charge in [-0.15, -0.1) is 0 Å². The zero-order valence-electron chi connectivity index (χ0n) is 16.5. The normalized spacial score (nSPS) is 12.5. The Balaban J connectivity index is 2.33. The van der Waals surface area contributed by atoms with Crippen LogP contribution < -0.4 is 0 Å². The molecule has 0 unspecified atom stereocenters. The first-order valence-corrected chi connectivity index (χ1v) is 10.0. The predicted molar refractivity (Wildman–Crippen MR) is 114 cm³/mol. The zero-order chi connectivity index (χ0) is 22.3. The number of phenols is 1. The topological polar surface area (TPSA) is 79.5 Å². The van der Waals surface area contributed by atoms with E-state index in [9.17, 15) is 24.2 Å². The first kappa shape index (κ1) is 22.1. The van der Waals surface area contributed by atoms with Gasteiger partial charge in [0, 0.05) is 22.7 Å². The third-order valence-electron chi connectivity index (χ3n) is 5.04. The Kier molecular flexibility index (Phi) is 6.11. The van der Waals surface area contributed by atoms with Gasteiger partial charge in [0.25, 0.3) is 5.91 Å². The number of aromatic hydroxyl groups is 1. The Labute approximate surface area is 182 Å². The fourth-order valence-corrected chi connectivity index (χ4v) is 4.02. The molecule has 3 rings (SSSR count). The molecule has 0 amide bonds. The van der Waals surface area contributed by atoms with Crippen molar-refractivity contribution in [1.29, 1.82) is 0 Å². The van der Waals surface area contributed by atoms with Crippen LogP contribution in [0.4, 0.5) is 4.39 Å². The average molecular weight is 452 g/mol. The van der Waals surface area contributed by atoms with E-state index in [1.807, 2.05) is 13.8 Å². The second-order valence-corrected chi connectivity index (χ2v) is 8.42. The van der Waals surface area contributed by atoms with Crippen molar-refractivity contribution in [3.8, 4) is 5.75 Å². The number of carboxylic acids is 1. The molecule has 0 aliphatic carbocycles. The quantitative estimate of drug-likeness (QED) is 0.498. The number of halogens is 3. The highest BCUT2D eigenvalue weighted by Gasteiger charge is 2.30. The minimum atomic E-state index is -1.06. The predicted octanol–water partition coefficient (Wildman–Crippen LogP) is 6.00. The lowest BCUT2D eigenvalue weighted by atomic mass is 9.88. The summed E-state index contributed by atoms with van der Waals surface area (Å²) >= 11 is 12.0. The maximum atomic E-state index is 14.2. The molecule has 5 nitrogen and oxygen atoms in total. The van der Waals surface area contributed by atoms with Gasteiger partial charge >= 0.3 is 5.97 Å². The summed E-state index contributed by atoms with van der Waals surface area (Å²) in [4.78, 5) is 25.3. The Bertz CT molecular complexity index is 1170. The molecule has 0 saturated carbocycles. The highest BCUT2D eigenvalue weighted by atomic mass is 35.5. The van der Waals surface area contributed by atoms with Crippen LogP contribution >= 0.6 is 23.2 Å². The Morgan fingerprint density at radius 3 is 2.37 bits per heavy atom. The number of hydrogen-bond acceptors (Lipinski definition) is 3. The van der Waals surface area contributed by atoms with Gasteiger partial charge in [-0.05, 0) is 49.1 Å². The molecule has 0 aliphatic rings. The van der Waals surface area contributed by atoms with Crippen LogP contribution in [0.2, 0.25) is 10.0 Å². The molecule has 158 valence electrons. The van der Waals surface area contributed by atoms with Crippen LogP contribution in [0.5, 0.6) is 5.75 Å². The van der Waals surface area contributed by atoms with E-state index in [-0.39, 0.29) is 27.0 Å². The second-order valence-electron chi connectivity index (χ2n) is 7.61. The minimum absolute atomic E-state index is 0.0590. The van der Waals surface area contributed by atoms with Gasteiger partial charge in [0.05, 0.1) is 21.5 Å². The smallest absolute Gasteiger partial charge is 0.311 e. The molecule has 1 aromatic heterocycles. The number of aliphatic carboxylic acids is 1. The van der Waals surface area contributed by atoms with Crippen molar-refractivity contribution >= 4 is 46.0 Å². The summed E-state index contributed by atoms with van der Waals surface area (Å²) in [6, 6.07) is 6.56. The Hall–Kier alpha value is -2.57. The Morgan fingerprint density at radius 2 is 1.80 bits per heavy atom. The van der Waals surface area contributed by atoms with E-state index in [0.717, 1.165) is 6.07 Å². The monoisotopic (exact) mass is 451 g/mol. The van der Waals surface area contributed by atoms with Crippen molar-refractivity contribution < 1.29 is 24.2 Å². The van der Waals surface area contributed by atoms with Crippen LogP contribution in [0.15, 0.2) is 30.3 Å². The van der Waals surface area contributed by atoms with E-state index in [0.29, 0.717) is 23.1 Å². The number of carbonyl (C=O) groups excluding carboxylic acids is 1. The molecule has 0 aliphatic heterocycles. The number of fused-ring (bicyclic) bond motifs is 1. The fraction of sp³-hybridized carbons (Fsp3) is 0.273. The number of carbonyl (C=O) groups is 2. The lowest BCUT2D eigenvalue weighted by Gasteiger charge is -2.16. The van der Waals surface area contributed by atoms with Gasteiger partial charge in [-0.25, -0.2) is 4.39 Å². The van der Waals surface area contributed by atoms with Crippen molar-refractivity contribution in [1.82, 2.24) is 4.57 Å². The van der Waals surface area contributed by atoms with Crippen molar-refractivity contribution in [3.05, 3.63) is 63.0 Å². The largest absolute Gasteiger partial charge is 0.505 e. The van der Waals surface area contributed by atoms with Crippen molar-refractivity contribution in [2.24, 2.45) is 5.92 Å². The number of carboxylic acid groups (broad SMARTS) is 1. The van der Waals surface area contributed by atoms with E-state index in [1.54, 1.807) is 6.92 Å². The van der Waals surface area contributed by atoms with E-state index in [4.69, 9.17) is 23.2 Å². The van der Waals surface area contributed by atoms with Crippen LogP contribution in [0.25, 0.3) is 10.9 Å².